The molecule has 1 saturated heterocycles. The number of hydrogen-bond donors (Lipinski definition) is 7. The molecule has 0 amide bonds. The molecular formula is C12H19NO18S3. The summed E-state index contributed by atoms with van der Waals surface area (Å²) in [4.78, 5) is 11.2. The zero-order chi connectivity index (χ0) is 26.1. The summed E-state index contributed by atoms with van der Waals surface area (Å²) >= 11 is 0. The number of aliphatic hydroxyl groups excluding tert-OH is 2. The number of carbonyl (C=O) groups is 1. The minimum atomic E-state index is -5.31. The lowest BCUT2D eigenvalue weighted by atomic mass is 9.98. The first-order valence-electron chi connectivity index (χ1n) is 8.63. The van der Waals surface area contributed by atoms with Crippen LogP contribution >= 0.6 is 0 Å². The first kappa shape index (κ1) is 28.7. The van der Waals surface area contributed by atoms with E-state index < -0.39 is 98.9 Å². The van der Waals surface area contributed by atoms with E-state index in [1.165, 1.54) is 0 Å². The Bertz CT molecular complexity index is 1100. The fourth-order valence-electron chi connectivity index (χ4n) is 2.90. The van der Waals surface area contributed by atoms with Crippen LogP contribution in [0.2, 0.25) is 0 Å². The minimum absolute atomic E-state index is 0.480. The molecule has 0 radical (unpaired) electrons. The highest BCUT2D eigenvalue weighted by molar-refractivity contribution is 7.83. The van der Waals surface area contributed by atoms with Crippen LogP contribution in [-0.2, 0) is 58.5 Å². The second-order valence-corrected chi connectivity index (χ2v) is 10.0. The summed E-state index contributed by atoms with van der Waals surface area (Å²) in [7, 11) is -15.3. The van der Waals surface area contributed by atoms with E-state index in [1.807, 2.05) is 0 Å². The van der Waals surface area contributed by atoms with Crippen molar-refractivity contribution in [3.05, 3.63) is 11.8 Å². The van der Waals surface area contributed by atoms with Crippen molar-refractivity contribution in [2.75, 3.05) is 13.2 Å². The van der Waals surface area contributed by atoms with Gasteiger partial charge in [0.2, 0.25) is 12.0 Å². The van der Waals surface area contributed by atoms with Gasteiger partial charge < -0.3 is 29.5 Å². The Morgan fingerprint density at radius 2 is 1.68 bits per heavy atom. The average molecular weight is 561 g/mol. The first-order valence-corrected chi connectivity index (χ1v) is 12.8. The molecule has 0 aromatic heterocycles. The Labute approximate surface area is 191 Å². The molecule has 0 bridgehead atoms. The molecule has 2 aliphatic heterocycles. The van der Waals surface area contributed by atoms with Crippen LogP contribution in [0.4, 0.5) is 0 Å². The molecule has 2 aliphatic rings. The second kappa shape index (κ2) is 10.6. The van der Waals surface area contributed by atoms with Crippen molar-refractivity contribution in [1.29, 1.82) is 0 Å². The van der Waals surface area contributed by atoms with Gasteiger partial charge >= 0.3 is 37.1 Å². The molecule has 0 aromatic carbocycles. The molecule has 7 N–H and O–H groups in total. The third-order valence-electron chi connectivity index (χ3n) is 4.19. The highest BCUT2D eigenvalue weighted by Gasteiger charge is 2.48. The van der Waals surface area contributed by atoms with E-state index in [2.05, 4.69) is 8.37 Å². The molecule has 0 aliphatic carbocycles. The highest BCUT2D eigenvalue weighted by Crippen LogP contribution is 2.28. The number of ether oxygens (including phenoxy) is 3. The predicted molar refractivity (Wildman–Crippen MR) is 99.6 cm³/mol. The maximum Gasteiger partial charge on any atom is 0.397 e. The third kappa shape index (κ3) is 8.59. The molecule has 2 heterocycles. The fourth-order valence-corrected chi connectivity index (χ4v) is 4.28. The van der Waals surface area contributed by atoms with E-state index in [4.69, 9.17) is 33.0 Å². The molecule has 22 heteroatoms. The van der Waals surface area contributed by atoms with Gasteiger partial charge in [0.05, 0.1) is 19.3 Å². The van der Waals surface area contributed by atoms with Crippen LogP contribution < -0.4 is 4.72 Å². The van der Waals surface area contributed by atoms with E-state index >= 15 is 0 Å². The zero-order valence-corrected chi connectivity index (χ0v) is 18.8. The Morgan fingerprint density at radius 1 is 1.06 bits per heavy atom. The van der Waals surface area contributed by atoms with Gasteiger partial charge in [0, 0.05) is 0 Å². The van der Waals surface area contributed by atoms with Crippen molar-refractivity contribution in [2.24, 2.45) is 0 Å². The van der Waals surface area contributed by atoms with Gasteiger partial charge in [-0.2, -0.15) is 30.0 Å². The van der Waals surface area contributed by atoms with Crippen molar-refractivity contribution in [3.8, 4) is 0 Å². The number of rotatable bonds is 10. The van der Waals surface area contributed by atoms with Crippen LogP contribution in [0.5, 0.6) is 0 Å². The normalized spacial score (nSPS) is 33.1. The summed E-state index contributed by atoms with van der Waals surface area (Å²) in [5, 5.41) is 29.6. The summed E-state index contributed by atoms with van der Waals surface area (Å²) in [6, 6.07) is -1.68. The van der Waals surface area contributed by atoms with E-state index in [0.29, 0.717) is 6.08 Å². The number of carboxylic acid groups (broad SMARTS) is 1. The fraction of sp³-hybridized carbons (Fsp3) is 0.750. The summed E-state index contributed by atoms with van der Waals surface area (Å²) in [5.74, 6) is -2.78. The lowest BCUT2D eigenvalue weighted by Gasteiger charge is -2.42. The van der Waals surface area contributed by atoms with Gasteiger partial charge in [-0.1, -0.05) is 0 Å². The molecular weight excluding hydrogens is 542 g/mol. The predicted octanol–water partition coefficient (Wildman–Crippen LogP) is -4.41. The largest absolute Gasteiger partial charge is 0.475 e. The Hall–Kier alpha value is -1.54. The van der Waals surface area contributed by atoms with E-state index in [9.17, 15) is 40.3 Å². The van der Waals surface area contributed by atoms with Crippen LogP contribution in [0.3, 0.4) is 0 Å². The second-order valence-electron chi connectivity index (χ2n) is 6.68. The molecule has 34 heavy (non-hydrogen) atoms. The Balaban J connectivity index is 2.39. The van der Waals surface area contributed by atoms with Gasteiger partial charge in [-0.15, -0.1) is 0 Å². The molecule has 0 unspecified atom stereocenters. The molecule has 7 atom stereocenters. The van der Waals surface area contributed by atoms with Gasteiger partial charge in [0.1, 0.15) is 24.4 Å². The van der Waals surface area contributed by atoms with Crippen LogP contribution in [0.1, 0.15) is 0 Å². The molecule has 0 aromatic rings. The van der Waals surface area contributed by atoms with Gasteiger partial charge in [0.15, 0.2) is 6.10 Å². The van der Waals surface area contributed by atoms with Gasteiger partial charge in [0.25, 0.3) is 0 Å². The van der Waals surface area contributed by atoms with E-state index in [1.54, 1.807) is 4.72 Å². The third-order valence-corrected chi connectivity index (χ3v) is 5.69. The van der Waals surface area contributed by atoms with Crippen molar-refractivity contribution in [2.45, 2.75) is 42.9 Å². The minimum Gasteiger partial charge on any atom is -0.475 e. The number of aliphatic hydroxyl groups is 2. The van der Waals surface area contributed by atoms with Gasteiger partial charge in [-0.05, 0) is 6.08 Å². The van der Waals surface area contributed by atoms with Crippen molar-refractivity contribution < 1.29 is 81.6 Å². The summed E-state index contributed by atoms with van der Waals surface area (Å²) < 4.78 is 118. The SMILES string of the molecule is O=C(O)C1=C[C@H](O)[C@@H](OS(=O)(=O)O)[C@H](O[C@H]2[C@H](O)[C@@H](NS(=O)(=O)O)CO[C@@H]2COS(=O)(=O)O)O1. The first-order chi connectivity index (χ1) is 15.4. The quantitative estimate of drug-likeness (QED) is 0.124. The van der Waals surface area contributed by atoms with E-state index in [0.717, 1.165) is 0 Å². The topological polar surface area (TPSA) is 299 Å². The summed E-state index contributed by atoms with van der Waals surface area (Å²) in [5.41, 5.74) is 0. The van der Waals surface area contributed by atoms with E-state index in [-0.39, 0.29) is 0 Å². The average Bonchev–Trinajstić information content (AvgIpc) is 2.63. The standard InChI is InChI=1S/C12H19NO18S3/c14-5-1-6(11(16)17)29-12(9(5)31-34(24,25)26)30-10-7(3-28-33(21,22)23)27-2-4(8(10)15)13-32(18,19)20/h1,4-5,7-10,12-15H,2-3H2,(H,16,17)(H,18,19,20)(H,21,22,23)(H,24,25,26)/t4-,5-,7+,8+,9+,10+,12-/m0/s1. The summed E-state index contributed by atoms with van der Waals surface area (Å²) in [6.45, 7) is -1.81. The molecule has 1 fully saturated rings. The molecule has 198 valence electrons. The highest BCUT2D eigenvalue weighted by atomic mass is 32.3. The zero-order valence-electron chi connectivity index (χ0n) is 16.3. The van der Waals surface area contributed by atoms with Gasteiger partial charge in [-0.3, -0.25) is 13.7 Å². The van der Waals surface area contributed by atoms with Crippen LogP contribution in [0.15, 0.2) is 11.8 Å². The Morgan fingerprint density at radius 3 is 2.18 bits per heavy atom. The van der Waals surface area contributed by atoms with Crippen LogP contribution in [0.25, 0.3) is 0 Å². The van der Waals surface area contributed by atoms with Crippen molar-refractivity contribution >= 4 is 37.1 Å². The summed E-state index contributed by atoms with van der Waals surface area (Å²) in [6.07, 6.45) is -11.8. The van der Waals surface area contributed by atoms with Crippen LogP contribution in [0, 0.1) is 0 Å². The van der Waals surface area contributed by atoms with Crippen molar-refractivity contribution in [1.82, 2.24) is 4.72 Å². The maximum atomic E-state index is 11.2. The molecule has 0 spiro atoms. The molecule has 0 saturated carbocycles. The van der Waals surface area contributed by atoms with Crippen LogP contribution in [-0.4, -0.2) is 116 Å². The molecule has 19 nitrogen and oxygen atoms in total. The Kier molecular flexibility index (Phi) is 8.95. The van der Waals surface area contributed by atoms with Gasteiger partial charge in [-0.25, -0.2) is 13.2 Å². The lowest BCUT2D eigenvalue weighted by molar-refractivity contribution is -0.269. The van der Waals surface area contributed by atoms with Crippen molar-refractivity contribution in [3.63, 3.8) is 0 Å². The molecule has 2 rings (SSSR count). The smallest absolute Gasteiger partial charge is 0.397 e. The number of aliphatic carboxylic acids is 1. The number of hydrogen-bond acceptors (Lipinski definition) is 14. The number of carboxylic acids is 1. The number of nitrogens with one attached hydrogen (secondary N) is 1. The lowest BCUT2D eigenvalue weighted by Crippen LogP contribution is -2.62. The monoisotopic (exact) mass is 561 g/mol. The maximum absolute atomic E-state index is 11.2.